The normalized spacial score (nSPS) is 11.6. The molecule has 0 heterocycles. The zero-order valence-electron chi connectivity index (χ0n) is 10.7. The largest absolute Gasteiger partial charge is 0.292 e. The first kappa shape index (κ1) is 14.5. The maximum absolute atomic E-state index is 11.5. The Bertz CT molecular complexity index is 470. The molecule has 0 fully saturated rings. The van der Waals surface area contributed by atoms with Crippen LogP contribution in [0.1, 0.15) is 26.3 Å². The summed E-state index contributed by atoms with van der Waals surface area (Å²) in [5, 5.41) is 2.95. The number of imide groups is 1. The van der Waals surface area contributed by atoms with E-state index >= 15 is 0 Å². The number of carbonyl (C=O) groups excluding carboxylic acids is 2. The molecule has 1 rings (SSSR count). The highest BCUT2D eigenvalue weighted by molar-refractivity contribution is 6.30. The highest BCUT2D eigenvalue weighted by Gasteiger charge is 2.22. The van der Waals surface area contributed by atoms with E-state index < -0.39 is 11.3 Å². The third-order valence-electron chi connectivity index (χ3n) is 2.22. The van der Waals surface area contributed by atoms with Crippen LogP contribution >= 0.6 is 11.6 Å². The predicted octanol–water partition coefficient (Wildman–Crippen LogP) is 3.04. The summed E-state index contributed by atoms with van der Waals surface area (Å²) in [5.41, 5.74) is 0.266. The van der Waals surface area contributed by atoms with Crippen LogP contribution in [0.3, 0.4) is 0 Å². The first-order valence-electron chi connectivity index (χ1n) is 5.58. The van der Waals surface area contributed by atoms with E-state index in [1.807, 2.05) is 0 Å². The zero-order valence-corrected chi connectivity index (χ0v) is 11.4. The van der Waals surface area contributed by atoms with Gasteiger partial charge < -0.3 is 0 Å². The first-order valence-corrected chi connectivity index (χ1v) is 5.96. The van der Waals surface area contributed by atoms with Gasteiger partial charge in [-0.3, -0.25) is 14.9 Å². The summed E-state index contributed by atoms with van der Waals surface area (Å²) in [4.78, 5) is 23.0. The van der Waals surface area contributed by atoms with Crippen molar-refractivity contribution >= 4 is 29.5 Å². The Labute approximate surface area is 112 Å². The molecule has 0 atom stereocenters. The Morgan fingerprint density at radius 2 is 1.72 bits per heavy atom. The van der Waals surface area contributed by atoms with Gasteiger partial charge in [-0.2, -0.15) is 0 Å². The van der Waals surface area contributed by atoms with Crippen LogP contribution in [0.4, 0.5) is 0 Å². The third kappa shape index (κ3) is 4.72. The van der Waals surface area contributed by atoms with Gasteiger partial charge in [0.25, 0.3) is 5.91 Å². The second-order valence-electron chi connectivity index (χ2n) is 4.95. The molecule has 1 aromatic carbocycles. The monoisotopic (exact) mass is 265 g/mol. The van der Waals surface area contributed by atoms with Gasteiger partial charge >= 0.3 is 0 Å². The van der Waals surface area contributed by atoms with Crippen molar-refractivity contribution in [2.24, 2.45) is 5.41 Å². The molecule has 0 spiro atoms. The number of halogens is 1. The lowest BCUT2D eigenvalue weighted by molar-refractivity contribution is -0.133. The van der Waals surface area contributed by atoms with Crippen LogP contribution < -0.4 is 5.32 Å². The number of hydrogen-bond acceptors (Lipinski definition) is 2. The van der Waals surface area contributed by atoms with Crippen LogP contribution in [0.25, 0.3) is 6.08 Å². The maximum atomic E-state index is 11.5. The quantitative estimate of drug-likeness (QED) is 0.836. The Morgan fingerprint density at radius 3 is 2.22 bits per heavy atom. The molecule has 3 nitrogen and oxygen atoms in total. The van der Waals surface area contributed by atoms with Crippen molar-refractivity contribution in [3.8, 4) is 0 Å². The van der Waals surface area contributed by atoms with Gasteiger partial charge in [0.05, 0.1) is 0 Å². The molecule has 2 amide bonds. The highest BCUT2D eigenvalue weighted by atomic mass is 35.5. The summed E-state index contributed by atoms with van der Waals surface area (Å²) in [7, 11) is 0. The highest BCUT2D eigenvalue weighted by Crippen LogP contribution is 2.13. The summed E-state index contributed by atoms with van der Waals surface area (Å²) in [6, 6.07) is 7.05. The van der Waals surface area contributed by atoms with Crippen LogP contribution in [0, 0.1) is 5.41 Å². The summed E-state index contributed by atoms with van der Waals surface area (Å²) < 4.78 is 0. The third-order valence-corrected chi connectivity index (χ3v) is 2.47. The molecule has 18 heavy (non-hydrogen) atoms. The molecule has 0 aromatic heterocycles. The number of amides is 2. The van der Waals surface area contributed by atoms with Gasteiger partial charge in [0.15, 0.2) is 0 Å². The summed E-state index contributed by atoms with van der Waals surface area (Å²) in [5.74, 6) is -0.724. The van der Waals surface area contributed by atoms with Crippen LogP contribution in [0.5, 0.6) is 0 Å². The van der Waals surface area contributed by atoms with E-state index in [0.717, 1.165) is 5.56 Å². The number of carbonyl (C=O) groups is 2. The smallest absolute Gasteiger partial charge is 0.250 e. The fourth-order valence-electron chi connectivity index (χ4n) is 1.09. The average Bonchev–Trinajstić information content (AvgIpc) is 2.27. The lowest BCUT2D eigenvalue weighted by Crippen LogP contribution is -2.38. The Morgan fingerprint density at radius 1 is 1.17 bits per heavy atom. The van der Waals surface area contributed by atoms with Crippen molar-refractivity contribution in [3.63, 3.8) is 0 Å². The molecule has 0 aliphatic heterocycles. The molecule has 4 heteroatoms. The van der Waals surface area contributed by atoms with Crippen molar-refractivity contribution in [3.05, 3.63) is 40.9 Å². The minimum Gasteiger partial charge on any atom is -0.292 e. The number of nitrogens with one attached hydrogen (secondary N) is 1. The molecule has 0 saturated heterocycles. The van der Waals surface area contributed by atoms with Crippen LogP contribution in [-0.2, 0) is 9.59 Å². The fraction of sp³-hybridized carbons (Fsp3) is 0.286. The van der Waals surface area contributed by atoms with Crippen molar-refractivity contribution in [1.82, 2.24) is 5.32 Å². The van der Waals surface area contributed by atoms with Crippen LogP contribution in [0.15, 0.2) is 30.3 Å². The van der Waals surface area contributed by atoms with E-state index in [1.165, 1.54) is 6.08 Å². The minimum absolute atomic E-state index is 0.298. The van der Waals surface area contributed by atoms with E-state index in [9.17, 15) is 9.59 Å². The van der Waals surface area contributed by atoms with Gasteiger partial charge in [-0.25, -0.2) is 0 Å². The molecular weight excluding hydrogens is 250 g/mol. The second-order valence-corrected chi connectivity index (χ2v) is 5.39. The van der Waals surface area contributed by atoms with Gasteiger partial charge in [0, 0.05) is 16.5 Å². The first-order chi connectivity index (χ1) is 8.29. The molecule has 0 unspecified atom stereocenters. The van der Waals surface area contributed by atoms with Crippen molar-refractivity contribution in [1.29, 1.82) is 0 Å². The van der Waals surface area contributed by atoms with Gasteiger partial charge in [0.1, 0.15) is 0 Å². The predicted molar refractivity (Wildman–Crippen MR) is 73.1 cm³/mol. The lowest BCUT2D eigenvalue weighted by Gasteiger charge is -2.15. The Hall–Kier alpha value is -1.61. The molecule has 1 aromatic rings. The number of hydrogen-bond donors (Lipinski definition) is 1. The SMILES string of the molecule is CC(C)(C)C(=O)NC(=O)/C=C/c1ccc(Cl)cc1. The second kappa shape index (κ2) is 5.83. The van der Waals surface area contributed by atoms with Crippen molar-refractivity contribution in [2.45, 2.75) is 20.8 Å². The topological polar surface area (TPSA) is 46.2 Å². The van der Waals surface area contributed by atoms with Gasteiger partial charge in [0.2, 0.25) is 5.91 Å². The Kier molecular flexibility index (Phi) is 4.68. The summed E-state index contributed by atoms with van der Waals surface area (Å²) >= 11 is 5.75. The average molecular weight is 266 g/mol. The van der Waals surface area contributed by atoms with E-state index in [4.69, 9.17) is 11.6 Å². The molecular formula is C14H16ClNO2. The Balaban J connectivity index is 2.60. The van der Waals surface area contributed by atoms with Crippen LogP contribution in [-0.4, -0.2) is 11.8 Å². The zero-order chi connectivity index (χ0) is 13.8. The van der Waals surface area contributed by atoms with Gasteiger partial charge in [-0.1, -0.05) is 44.5 Å². The molecule has 0 bridgehead atoms. The number of benzene rings is 1. The molecule has 1 N–H and O–H groups in total. The molecule has 0 radical (unpaired) electrons. The van der Waals surface area contributed by atoms with Crippen molar-refractivity contribution in [2.75, 3.05) is 0 Å². The van der Waals surface area contributed by atoms with Gasteiger partial charge in [-0.15, -0.1) is 0 Å². The van der Waals surface area contributed by atoms with E-state index in [2.05, 4.69) is 5.32 Å². The molecule has 0 saturated carbocycles. The van der Waals surface area contributed by atoms with E-state index in [-0.39, 0.29) is 5.91 Å². The summed E-state index contributed by atoms with van der Waals surface area (Å²) in [6.45, 7) is 5.25. The van der Waals surface area contributed by atoms with Crippen LogP contribution in [0.2, 0.25) is 5.02 Å². The van der Waals surface area contributed by atoms with E-state index in [0.29, 0.717) is 5.02 Å². The van der Waals surface area contributed by atoms with Crippen molar-refractivity contribution < 1.29 is 9.59 Å². The minimum atomic E-state index is -0.580. The summed E-state index contributed by atoms with van der Waals surface area (Å²) in [6.07, 6.45) is 2.95. The molecule has 96 valence electrons. The van der Waals surface area contributed by atoms with Gasteiger partial charge in [-0.05, 0) is 23.8 Å². The number of rotatable bonds is 2. The molecule has 0 aliphatic rings. The fourth-order valence-corrected chi connectivity index (χ4v) is 1.21. The standard InChI is InChI=1S/C14H16ClNO2/c1-14(2,3)13(18)16-12(17)9-6-10-4-7-11(15)8-5-10/h4-9H,1-3H3,(H,16,17,18)/b9-6+. The maximum Gasteiger partial charge on any atom is 0.250 e. The van der Waals surface area contributed by atoms with E-state index in [1.54, 1.807) is 51.1 Å². The molecule has 0 aliphatic carbocycles. The lowest BCUT2D eigenvalue weighted by atomic mass is 9.96.